The van der Waals surface area contributed by atoms with Crippen LogP contribution in [0.1, 0.15) is 17.7 Å². The number of pyridine rings is 1. The Morgan fingerprint density at radius 1 is 1.21 bits per heavy atom. The van der Waals surface area contributed by atoms with Crippen molar-refractivity contribution in [2.75, 3.05) is 32.1 Å². The molecule has 0 atom stereocenters. The first-order valence-corrected chi connectivity index (χ1v) is 9.53. The first-order valence-electron chi connectivity index (χ1n) is 9.53. The molecule has 7 nitrogen and oxygen atoms in total. The fraction of sp³-hybridized carbons (Fsp3) is 0.333. The van der Waals surface area contributed by atoms with Crippen molar-refractivity contribution in [1.29, 1.82) is 0 Å². The van der Waals surface area contributed by atoms with E-state index in [1.54, 1.807) is 7.05 Å². The zero-order valence-corrected chi connectivity index (χ0v) is 16.2. The second kappa shape index (κ2) is 8.21. The zero-order valence-electron chi connectivity index (χ0n) is 16.2. The maximum atomic E-state index is 5.75. The maximum absolute atomic E-state index is 5.75. The van der Waals surface area contributed by atoms with Gasteiger partial charge in [0, 0.05) is 50.6 Å². The van der Waals surface area contributed by atoms with Gasteiger partial charge in [0.05, 0.1) is 18.9 Å². The highest BCUT2D eigenvalue weighted by Gasteiger charge is 2.11. The number of ether oxygens (including phenoxy) is 2. The summed E-state index contributed by atoms with van der Waals surface area (Å²) in [6, 6.07) is 9.94. The van der Waals surface area contributed by atoms with Crippen LogP contribution in [0.3, 0.4) is 0 Å². The van der Waals surface area contributed by atoms with Gasteiger partial charge in [-0.25, -0.2) is 4.98 Å². The molecule has 1 aromatic carbocycles. The molecule has 1 aliphatic heterocycles. The minimum Gasteiger partial charge on any atom is -0.490 e. The van der Waals surface area contributed by atoms with E-state index in [0.717, 1.165) is 47.9 Å². The number of imidazole rings is 1. The predicted molar refractivity (Wildman–Crippen MR) is 111 cm³/mol. The number of nitrogens with one attached hydrogen (secondary N) is 2. The average molecular weight is 379 g/mol. The van der Waals surface area contributed by atoms with Crippen molar-refractivity contribution in [3.8, 4) is 11.5 Å². The van der Waals surface area contributed by atoms with E-state index in [1.165, 1.54) is 5.56 Å². The number of benzene rings is 1. The predicted octanol–water partition coefficient (Wildman–Crippen LogP) is 3.03. The van der Waals surface area contributed by atoms with Crippen LogP contribution in [0.15, 0.2) is 47.7 Å². The highest BCUT2D eigenvalue weighted by Crippen LogP contribution is 2.32. The van der Waals surface area contributed by atoms with Gasteiger partial charge in [-0.2, -0.15) is 0 Å². The molecule has 0 amide bonds. The van der Waals surface area contributed by atoms with Gasteiger partial charge in [-0.1, -0.05) is 6.07 Å². The van der Waals surface area contributed by atoms with Gasteiger partial charge >= 0.3 is 0 Å². The molecule has 28 heavy (non-hydrogen) atoms. The van der Waals surface area contributed by atoms with E-state index in [0.29, 0.717) is 19.2 Å². The number of aryl methyl sites for hydroxylation is 1. The highest BCUT2D eigenvalue weighted by molar-refractivity contribution is 5.93. The third kappa shape index (κ3) is 4.03. The quantitative estimate of drug-likeness (QED) is 0.539. The summed E-state index contributed by atoms with van der Waals surface area (Å²) in [6.45, 7) is 4.16. The summed E-state index contributed by atoms with van der Waals surface area (Å²) in [5, 5.41) is 6.63. The number of anilines is 1. The molecule has 3 heterocycles. The first-order chi connectivity index (χ1) is 13.7. The molecule has 146 valence electrons. The molecule has 0 radical (unpaired) electrons. The van der Waals surface area contributed by atoms with E-state index in [-0.39, 0.29) is 0 Å². The number of aromatic nitrogens is 2. The van der Waals surface area contributed by atoms with Crippen LogP contribution in [-0.4, -0.2) is 42.2 Å². The first kappa shape index (κ1) is 18.2. The van der Waals surface area contributed by atoms with Gasteiger partial charge in [-0.05, 0) is 30.7 Å². The summed E-state index contributed by atoms with van der Waals surface area (Å²) in [4.78, 5) is 9.01. The lowest BCUT2D eigenvalue weighted by atomic mass is 10.2. The molecule has 4 rings (SSSR count). The summed E-state index contributed by atoms with van der Waals surface area (Å²) in [5.74, 6) is 2.25. The molecule has 7 heteroatoms. The normalized spacial score (nSPS) is 14.0. The van der Waals surface area contributed by atoms with Crippen LogP contribution >= 0.6 is 0 Å². The SMILES string of the molecule is CN=C(NCCc1cn2cccc(C)c2n1)Nc1ccc2c(c1)OCCCO2. The van der Waals surface area contributed by atoms with Crippen LogP contribution in [0.5, 0.6) is 11.5 Å². The van der Waals surface area contributed by atoms with Gasteiger partial charge in [0.25, 0.3) is 0 Å². The average Bonchev–Trinajstić information content (AvgIpc) is 2.98. The Balaban J connectivity index is 1.36. The molecule has 1 aliphatic rings. The van der Waals surface area contributed by atoms with Crippen molar-refractivity contribution in [2.45, 2.75) is 19.8 Å². The van der Waals surface area contributed by atoms with Crippen molar-refractivity contribution in [3.05, 3.63) is 54.0 Å². The fourth-order valence-corrected chi connectivity index (χ4v) is 3.19. The second-order valence-corrected chi connectivity index (χ2v) is 6.74. The molecule has 0 aliphatic carbocycles. The minimum atomic E-state index is 0.669. The van der Waals surface area contributed by atoms with Crippen LogP contribution in [0.4, 0.5) is 5.69 Å². The molecule has 0 spiro atoms. The lowest BCUT2D eigenvalue weighted by Crippen LogP contribution is -2.32. The van der Waals surface area contributed by atoms with E-state index in [2.05, 4.69) is 39.2 Å². The monoisotopic (exact) mass is 379 g/mol. The highest BCUT2D eigenvalue weighted by atomic mass is 16.5. The van der Waals surface area contributed by atoms with Crippen molar-refractivity contribution in [3.63, 3.8) is 0 Å². The summed E-state index contributed by atoms with van der Waals surface area (Å²) in [5.41, 5.74) is 4.13. The standard InChI is InChI=1S/C21H25N5O2/c1-15-5-3-10-26-14-17(24-20(15)26)8-9-23-21(22-2)25-16-6-7-18-19(13-16)28-12-4-11-27-18/h3,5-7,10,13-14H,4,8-9,11-12H2,1-2H3,(H2,22,23,25). The largest absolute Gasteiger partial charge is 0.490 e. The van der Waals surface area contributed by atoms with E-state index in [4.69, 9.17) is 14.5 Å². The third-order valence-electron chi connectivity index (χ3n) is 4.64. The summed E-state index contributed by atoms with van der Waals surface area (Å²) in [6.07, 6.45) is 5.80. The number of nitrogens with zero attached hydrogens (tertiary/aromatic N) is 3. The Morgan fingerprint density at radius 2 is 2.07 bits per heavy atom. The molecule has 0 fully saturated rings. The molecule has 0 saturated heterocycles. The van der Waals surface area contributed by atoms with Gasteiger partial charge < -0.3 is 24.5 Å². The zero-order chi connectivity index (χ0) is 19.3. The van der Waals surface area contributed by atoms with Gasteiger partial charge in [-0.3, -0.25) is 4.99 Å². The Hall–Kier alpha value is -3.22. The number of rotatable bonds is 4. The van der Waals surface area contributed by atoms with E-state index < -0.39 is 0 Å². The molecule has 0 saturated carbocycles. The van der Waals surface area contributed by atoms with Crippen molar-refractivity contribution >= 4 is 17.3 Å². The summed E-state index contributed by atoms with van der Waals surface area (Å²) >= 11 is 0. The number of fused-ring (bicyclic) bond motifs is 2. The van der Waals surface area contributed by atoms with Gasteiger partial charge in [0.1, 0.15) is 5.65 Å². The maximum Gasteiger partial charge on any atom is 0.195 e. The van der Waals surface area contributed by atoms with Gasteiger partial charge in [-0.15, -0.1) is 0 Å². The Morgan fingerprint density at radius 3 is 2.89 bits per heavy atom. The third-order valence-corrected chi connectivity index (χ3v) is 4.64. The topological polar surface area (TPSA) is 72.2 Å². The van der Waals surface area contributed by atoms with Crippen LogP contribution in [0, 0.1) is 6.92 Å². The number of hydrogen-bond acceptors (Lipinski definition) is 4. The van der Waals surface area contributed by atoms with Crippen LogP contribution in [0.2, 0.25) is 0 Å². The molecular weight excluding hydrogens is 354 g/mol. The lowest BCUT2D eigenvalue weighted by molar-refractivity contribution is 0.297. The molecule has 3 aromatic rings. The molecule has 2 N–H and O–H groups in total. The number of guanidine groups is 1. The van der Waals surface area contributed by atoms with Crippen LogP contribution in [-0.2, 0) is 6.42 Å². The van der Waals surface area contributed by atoms with Crippen LogP contribution in [0.25, 0.3) is 5.65 Å². The second-order valence-electron chi connectivity index (χ2n) is 6.74. The van der Waals surface area contributed by atoms with Gasteiger partial charge in [0.15, 0.2) is 17.5 Å². The molecular formula is C21H25N5O2. The molecule has 0 bridgehead atoms. The van der Waals surface area contributed by atoms with Crippen LogP contribution < -0.4 is 20.1 Å². The molecule has 2 aromatic heterocycles. The molecule has 0 unspecified atom stereocenters. The van der Waals surface area contributed by atoms with E-state index in [9.17, 15) is 0 Å². The summed E-state index contributed by atoms with van der Waals surface area (Å²) < 4.78 is 13.5. The van der Waals surface area contributed by atoms with Gasteiger partial charge in [0.2, 0.25) is 0 Å². The lowest BCUT2D eigenvalue weighted by Gasteiger charge is -2.13. The van der Waals surface area contributed by atoms with E-state index in [1.807, 2.05) is 30.5 Å². The Bertz CT molecular complexity index is 996. The van der Waals surface area contributed by atoms with Crippen molar-refractivity contribution < 1.29 is 9.47 Å². The van der Waals surface area contributed by atoms with Crippen molar-refractivity contribution in [1.82, 2.24) is 14.7 Å². The Labute approximate surface area is 164 Å². The smallest absolute Gasteiger partial charge is 0.195 e. The fourth-order valence-electron chi connectivity index (χ4n) is 3.19. The summed E-state index contributed by atoms with van der Waals surface area (Å²) in [7, 11) is 1.76. The number of hydrogen-bond donors (Lipinski definition) is 2. The number of aliphatic imine (C=N–C) groups is 1. The minimum absolute atomic E-state index is 0.669. The van der Waals surface area contributed by atoms with Crippen molar-refractivity contribution in [2.24, 2.45) is 4.99 Å². The van der Waals surface area contributed by atoms with E-state index >= 15 is 0 Å². The Kier molecular flexibility index (Phi) is 5.32.